The minimum atomic E-state index is -0.504. The Bertz CT molecular complexity index is 734. The van der Waals surface area contributed by atoms with E-state index in [1.165, 1.54) is 31.0 Å². The average molecular weight is 407 g/mol. The molecular weight excluding hydrogens is 376 g/mol. The molecule has 1 aromatic rings. The van der Waals surface area contributed by atoms with Crippen molar-refractivity contribution < 1.29 is 14.0 Å². The molecule has 7 nitrogen and oxygen atoms in total. The molecule has 4 bridgehead atoms. The molecule has 154 valence electrons. The molecule has 3 amide bonds. The van der Waals surface area contributed by atoms with E-state index in [4.69, 9.17) is 4.42 Å². The zero-order valence-corrected chi connectivity index (χ0v) is 17.9. The second-order valence-corrected chi connectivity index (χ2v) is 11.3. The Balaban J connectivity index is 1.37. The van der Waals surface area contributed by atoms with E-state index in [-0.39, 0.29) is 11.3 Å². The highest BCUT2D eigenvalue weighted by molar-refractivity contribution is 8.00. The number of nitrogens with one attached hydrogen (secondary N) is 2. The molecule has 2 N–H and O–H groups in total. The van der Waals surface area contributed by atoms with E-state index < -0.39 is 16.8 Å². The van der Waals surface area contributed by atoms with Gasteiger partial charge in [0.15, 0.2) is 0 Å². The van der Waals surface area contributed by atoms with Gasteiger partial charge in [-0.05, 0) is 84.0 Å². The third-order valence-electron chi connectivity index (χ3n) is 6.27. The highest BCUT2D eigenvalue weighted by Gasteiger charge is 2.54. The van der Waals surface area contributed by atoms with Crippen molar-refractivity contribution >= 4 is 23.7 Å². The standard InChI is InChI=1S/C20H30N4O3S/c1-11(15(25)21-17(26)22-19(2,3)4)28-18-24-23-16(27-18)20-8-12-5-13(9-20)7-14(6-12)10-20/h11-14H,5-10H2,1-4H3,(H2,21,22,25,26)/t11-,12?,13?,14?,20?/m0/s1. The number of carbonyl (C=O) groups excluding carboxylic acids is 2. The molecule has 8 heteroatoms. The maximum Gasteiger partial charge on any atom is 0.321 e. The summed E-state index contributed by atoms with van der Waals surface area (Å²) in [5.41, 5.74) is -0.349. The molecule has 0 spiro atoms. The number of rotatable bonds is 4. The lowest BCUT2D eigenvalue weighted by Crippen LogP contribution is -2.49. The summed E-state index contributed by atoms with van der Waals surface area (Å²) < 4.78 is 6.04. The van der Waals surface area contributed by atoms with E-state index in [1.807, 2.05) is 20.8 Å². The number of urea groups is 1. The molecule has 4 aliphatic carbocycles. The smallest absolute Gasteiger partial charge is 0.321 e. The topological polar surface area (TPSA) is 97.1 Å². The molecule has 4 fully saturated rings. The molecular formula is C20H30N4O3S. The van der Waals surface area contributed by atoms with Crippen LogP contribution in [0.25, 0.3) is 0 Å². The van der Waals surface area contributed by atoms with E-state index in [9.17, 15) is 9.59 Å². The van der Waals surface area contributed by atoms with Gasteiger partial charge < -0.3 is 9.73 Å². The Kier molecular flexibility index (Phi) is 4.96. The fourth-order valence-corrected chi connectivity index (χ4v) is 6.32. The van der Waals surface area contributed by atoms with Gasteiger partial charge in [0.25, 0.3) is 5.22 Å². The first-order chi connectivity index (χ1) is 13.1. The molecule has 28 heavy (non-hydrogen) atoms. The lowest BCUT2D eigenvalue weighted by atomic mass is 9.49. The summed E-state index contributed by atoms with van der Waals surface area (Å²) in [6.07, 6.45) is 7.57. The van der Waals surface area contributed by atoms with E-state index >= 15 is 0 Å². The van der Waals surface area contributed by atoms with Gasteiger partial charge in [-0.25, -0.2) is 4.79 Å². The summed E-state index contributed by atoms with van der Waals surface area (Å²) in [7, 11) is 0. The minimum absolute atomic E-state index is 0.0542. The molecule has 0 aromatic carbocycles. The average Bonchev–Trinajstić information content (AvgIpc) is 3.01. The van der Waals surface area contributed by atoms with Crippen molar-refractivity contribution in [3.05, 3.63) is 5.89 Å². The lowest BCUT2D eigenvalue weighted by Gasteiger charge is -2.55. The van der Waals surface area contributed by atoms with Crippen LogP contribution in [0.3, 0.4) is 0 Å². The van der Waals surface area contributed by atoms with E-state index in [1.54, 1.807) is 6.92 Å². The molecule has 0 unspecified atom stereocenters. The second-order valence-electron chi connectivity index (χ2n) is 10.0. The maximum atomic E-state index is 12.3. The van der Waals surface area contributed by atoms with Crippen LogP contribution in [0.4, 0.5) is 4.79 Å². The van der Waals surface area contributed by atoms with Crippen molar-refractivity contribution in [3.8, 4) is 0 Å². The van der Waals surface area contributed by atoms with Gasteiger partial charge in [0.2, 0.25) is 11.8 Å². The van der Waals surface area contributed by atoms with Gasteiger partial charge in [-0.2, -0.15) is 0 Å². The van der Waals surface area contributed by atoms with Crippen LogP contribution in [0.5, 0.6) is 0 Å². The van der Waals surface area contributed by atoms with E-state index in [2.05, 4.69) is 20.8 Å². The molecule has 5 rings (SSSR count). The summed E-state index contributed by atoms with van der Waals surface area (Å²) in [6.45, 7) is 7.32. The van der Waals surface area contributed by atoms with Crippen LogP contribution in [-0.2, 0) is 10.2 Å². The van der Waals surface area contributed by atoms with Crippen LogP contribution in [0, 0.1) is 17.8 Å². The first kappa shape index (κ1) is 19.7. The van der Waals surface area contributed by atoms with Crippen LogP contribution >= 0.6 is 11.8 Å². The van der Waals surface area contributed by atoms with Crippen LogP contribution in [0.1, 0.15) is 72.1 Å². The van der Waals surface area contributed by atoms with Gasteiger partial charge in [0, 0.05) is 11.0 Å². The number of hydrogen-bond donors (Lipinski definition) is 2. The number of aromatic nitrogens is 2. The summed E-state index contributed by atoms with van der Waals surface area (Å²) >= 11 is 1.20. The van der Waals surface area contributed by atoms with Crippen LogP contribution in [0.15, 0.2) is 9.64 Å². The van der Waals surface area contributed by atoms with Crippen molar-refractivity contribution in [2.45, 2.75) is 87.6 Å². The maximum absolute atomic E-state index is 12.3. The molecule has 0 aliphatic heterocycles. The third kappa shape index (κ3) is 4.07. The third-order valence-corrected chi connectivity index (χ3v) is 7.20. The number of imide groups is 1. The first-order valence-electron chi connectivity index (χ1n) is 10.3. The van der Waals surface area contributed by atoms with Gasteiger partial charge >= 0.3 is 6.03 Å². The van der Waals surface area contributed by atoms with E-state index in [0.29, 0.717) is 5.22 Å². The molecule has 1 heterocycles. The summed E-state index contributed by atoms with van der Waals surface area (Å²) in [5, 5.41) is 13.6. The van der Waals surface area contributed by atoms with Crippen molar-refractivity contribution in [2.75, 3.05) is 0 Å². The zero-order valence-electron chi connectivity index (χ0n) is 17.1. The van der Waals surface area contributed by atoms with Crippen molar-refractivity contribution in [3.63, 3.8) is 0 Å². The molecule has 4 saturated carbocycles. The van der Waals surface area contributed by atoms with Gasteiger partial charge in [-0.3, -0.25) is 10.1 Å². The number of nitrogens with zero attached hydrogens (tertiary/aromatic N) is 2. The van der Waals surface area contributed by atoms with Crippen molar-refractivity contribution in [1.82, 2.24) is 20.8 Å². The Morgan fingerprint density at radius 3 is 2.21 bits per heavy atom. The molecule has 1 aromatic heterocycles. The molecule has 4 aliphatic rings. The van der Waals surface area contributed by atoms with Crippen molar-refractivity contribution in [2.24, 2.45) is 17.8 Å². The van der Waals surface area contributed by atoms with Crippen LogP contribution in [-0.4, -0.2) is 32.9 Å². The highest BCUT2D eigenvalue weighted by atomic mass is 32.2. The predicted octanol–water partition coefficient (Wildman–Crippen LogP) is 3.64. The molecule has 1 atom stereocenters. The number of carbonyl (C=O) groups is 2. The minimum Gasteiger partial charge on any atom is -0.415 e. The van der Waals surface area contributed by atoms with Crippen LogP contribution < -0.4 is 10.6 Å². The SMILES string of the molecule is C[C@H](Sc1nnc(C23CC4CC(CC(C4)C2)C3)o1)C(=O)NC(=O)NC(C)(C)C. The van der Waals surface area contributed by atoms with E-state index in [0.717, 1.165) is 42.9 Å². The number of hydrogen-bond acceptors (Lipinski definition) is 6. The number of amides is 3. The number of thioether (sulfide) groups is 1. The predicted molar refractivity (Wildman–Crippen MR) is 106 cm³/mol. The lowest BCUT2D eigenvalue weighted by molar-refractivity contribution is -0.119. The van der Waals surface area contributed by atoms with Crippen LogP contribution in [0.2, 0.25) is 0 Å². The highest BCUT2D eigenvalue weighted by Crippen LogP contribution is 2.60. The fourth-order valence-electron chi connectivity index (χ4n) is 5.63. The summed E-state index contributed by atoms with van der Waals surface area (Å²) in [6, 6.07) is -0.496. The van der Waals surface area contributed by atoms with Gasteiger partial charge in [0.05, 0.1) is 5.25 Å². The quantitative estimate of drug-likeness (QED) is 0.741. The largest absolute Gasteiger partial charge is 0.415 e. The van der Waals surface area contributed by atoms with Crippen molar-refractivity contribution in [1.29, 1.82) is 0 Å². The Hall–Kier alpha value is -1.57. The molecule has 0 radical (unpaired) electrons. The summed E-state index contributed by atoms with van der Waals surface area (Å²) in [4.78, 5) is 24.2. The second kappa shape index (κ2) is 7.04. The Labute approximate surface area is 170 Å². The first-order valence-corrected chi connectivity index (χ1v) is 11.1. The monoisotopic (exact) mass is 406 g/mol. The van der Waals surface area contributed by atoms with Gasteiger partial charge in [-0.1, -0.05) is 11.8 Å². The summed E-state index contributed by atoms with van der Waals surface area (Å²) in [5.74, 6) is 2.80. The fraction of sp³-hybridized carbons (Fsp3) is 0.800. The van der Waals surface area contributed by atoms with Gasteiger partial charge in [-0.15, -0.1) is 10.2 Å². The molecule has 0 saturated heterocycles. The van der Waals surface area contributed by atoms with Gasteiger partial charge in [0.1, 0.15) is 0 Å². The normalized spacial score (nSPS) is 32.2. The Morgan fingerprint density at radius 1 is 1.11 bits per heavy atom. The zero-order chi connectivity index (χ0) is 20.1. The Morgan fingerprint density at radius 2 is 1.68 bits per heavy atom.